The Morgan fingerprint density at radius 3 is 2.29 bits per heavy atom. The van der Waals surface area contributed by atoms with Crippen LogP contribution in [0.25, 0.3) is 0 Å². The Bertz CT molecular complexity index is 312. The van der Waals surface area contributed by atoms with Crippen molar-refractivity contribution in [2.75, 3.05) is 0 Å². The van der Waals surface area contributed by atoms with Crippen LogP contribution in [0.2, 0.25) is 0 Å². The summed E-state index contributed by atoms with van der Waals surface area (Å²) >= 11 is 5.45. The highest BCUT2D eigenvalue weighted by atomic mass is 35.5. The predicted octanol–water partition coefficient (Wildman–Crippen LogP) is 2.74. The fourth-order valence-corrected chi connectivity index (χ4v) is 1.28. The van der Waals surface area contributed by atoms with Gasteiger partial charge in [-0.15, -0.1) is 24.0 Å². The van der Waals surface area contributed by atoms with Crippen molar-refractivity contribution in [1.29, 1.82) is 0 Å². The molecule has 3 N–H and O–H groups in total. The molecular weight excluding hydrogens is 238 g/mol. The number of hydrogen-bond acceptors (Lipinski definition) is 0. The Labute approximate surface area is 90.5 Å². The van der Waals surface area contributed by atoms with Crippen LogP contribution in [0.1, 0.15) is 11.1 Å². The molecule has 80 valence electrons. The number of hydrogen-bond donors (Lipinski definition) is 1. The number of quaternary nitrogens is 1. The third-order valence-electron chi connectivity index (χ3n) is 1.72. The molecule has 1 aromatic rings. The van der Waals surface area contributed by atoms with E-state index in [0.717, 1.165) is 6.07 Å². The van der Waals surface area contributed by atoms with Gasteiger partial charge in [-0.1, -0.05) is 12.1 Å². The van der Waals surface area contributed by atoms with Gasteiger partial charge in [-0.05, 0) is 6.07 Å². The van der Waals surface area contributed by atoms with Gasteiger partial charge in [0.2, 0.25) is 0 Å². The maximum Gasteiger partial charge on any atom is 0.422 e. The van der Waals surface area contributed by atoms with Gasteiger partial charge in [0.05, 0.1) is 5.88 Å². The molecule has 1 aromatic carbocycles. The zero-order valence-corrected chi connectivity index (χ0v) is 8.64. The average Bonchev–Trinajstić information content (AvgIpc) is 2.02. The topological polar surface area (TPSA) is 27.6 Å². The van der Waals surface area contributed by atoms with Crippen molar-refractivity contribution in [2.24, 2.45) is 0 Å². The Hall–Kier alpha value is -0.450. The predicted molar refractivity (Wildman–Crippen MR) is 50.8 cm³/mol. The number of benzene rings is 1. The van der Waals surface area contributed by atoms with Crippen molar-refractivity contribution in [3.63, 3.8) is 0 Å². The van der Waals surface area contributed by atoms with Crippen LogP contribution >= 0.6 is 24.0 Å². The van der Waals surface area contributed by atoms with Gasteiger partial charge in [0.25, 0.3) is 0 Å². The lowest BCUT2D eigenvalue weighted by Crippen LogP contribution is -2.43. The molecule has 0 unspecified atom stereocenters. The fourth-order valence-electron chi connectivity index (χ4n) is 1.03. The summed E-state index contributed by atoms with van der Waals surface area (Å²) in [6, 6.07) is 3.86. The Morgan fingerprint density at radius 1 is 1.29 bits per heavy atom. The minimum absolute atomic E-state index is 0. The van der Waals surface area contributed by atoms with E-state index in [-0.39, 0.29) is 24.0 Å². The van der Waals surface area contributed by atoms with Crippen molar-refractivity contribution in [3.05, 3.63) is 29.3 Å². The molecule has 0 bridgehead atoms. The minimum atomic E-state index is -4.35. The number of halogens is 5. The second kappa shape index (κ2) is 4.87. The summed E-state index contributed by atoms with van der Waals surface area (Å²) in [6.45, 7) is 0. The average molecular weight is 247 g/mol. The molecule has 1 nitrogen and oxygen atoms in total. The molecular formula is C8H9Cl2F3N+. The molecule has 1 rings (SSSR count). The summed E-state index contributed by atoms with van der Waals surface area (Å²) in [5.41, 5.74) is 3.01. The van der Waals surface area contributed by atoms with Crippen LogP contribution in [0.3, 0.4) is 0 Å². The molecule has 0 heterocycles. The lowest BCUT2D eigenvalue weighted by atomic mass is 10.1. The molecule has 0 aliphatic carbocycles. The van der Waals surface area contributed by atoms with Crippen molar-refractivity contribution in [3.8, 4) is 0 Å². The van der Waals surface area contributed by atoms with Crippen molar-refractivity contribution in [2.45, 2.75) is 12.1 Å². The second-order valence-corrected chi connectivity index (χ2v) is 2.84. The molecule has 0 aromatic heterocycles. The normalized spacial score (nSPS) is 10.9. The highest BCUT2D eigenvalue weighted by molar-refractivity contribution is 6.17. The molecule has 0 fully saturated rings. The van der Waals surface area contributed by atoms with Crippen LogP contribution in [0.5, 0.6) is 0 Å². The number of alkyl halides is 4. The van der Waals surface area contributed by atoms with E-state index in [1.807, 2.05) is 0 Å². The Kier molecular flexibility index (Phi) is 4.71. The monoisotopic (exact) mass is 246 g/mol. The smallest absolute Gasteiger partial charge is 0.324 e. The standard InChI is InChI=1S/C8H7ClF3N.ClH/c9-4-5-2-1-3-6(7(5)13)8(10,11)12;/h1-3H,4,13H2;1H/p+1. The van der Waals surface area contributed by atoms with Gasteiger partial charge in [0, 0.05) is 5.56 Å². The van der Waals surface area contributed by atoms with E-state index in [1.54, 1.807) is 0 Å². The molecule has 0 saturated carbocycles. The van der Waals surface area contributed by atoms with Crippen LogP contribution in [-0.2, 0) is 12.1 Å². The molecule has 6 heteroatoms. The van der Waals surface area contributed by atoms with Crippen LogP contribution in [-0.4, -0.2) is 0 Å². The van der Waals surface area contributed by atoms with Crippen LogP contribution in [0, 0.1) is 0 Å². The Balaban J connectivity index is 0.00000169. The third kappa shape index (κ3) is 2.77. The lowest BCUT2D eigenvalue weighted by Gasteiger charge is -2.08. The van der Waals surface area contributed by atoms with Gasteiger partial charge >= 0.3 is 6.18 Å². The van der Waals surface area contributed by atoms with E-state index in [4.69, 9.17) is 11.6 Å². The first-order chi connectivity index (χ1) is 5.96. The van der Waals surface area contributed by atoms with E-state index in [9.17, 15) is 13.2 Å². The summed E-state index contributed by atoms with van der Waals surface area (Å²) in [5, 5.41) is 0. The van der Waals surface area contributed by atoms with Crippen molar-refractivity contribution < 1.29 is 18.9 Å². The third-order valence-corrected chi connectivity index (χ3v) is 2.01. The van der Waals surface area contributed by atoms with E-state index in [2.05, 4.69) is 5.73 Å². The highest BCUT2D eigenvalue weighted by Crippen LogP contribution is 2.34. The highest BCUT2D eigenvalue weighted by Gasteiger charge is 2.35. The summed E-state index contributed by atoms with van der Waals surface area (Å²) in [4.78, 5) is 0. The quantitative estimate of drug-likeness (QED) is 0.739. The van der Waals surface area contributed by atoms with Crippen LogP contribution in [0.15, 0.2) is 18.2 Å². The largest absolute Gasteiger partial charge is 0.422 e. The summed E-state index contributed by atoms with van der Waals surface area (Å²) < 4.78 is 36.8. The van der Waals surface area contributed by atoms with E-state index >= 15 is 0 Å². The van der Waals surface area contributed by atoms with Crippen LogP contribution < -0.4 is 5.73 Å². The van der Waals surface area contributed by atoms with E-state index in [1.165, 1.54) is 12.1 Å². The minimum Gasteiger partial charge on any atom is -0.324 e. The van der Waals surface area contributed by atoms with Gasteiger partial charge in [-0.25, -0.2) is 0 Å². The summed E-state index contributed by atoms with van der Waals surface area (Å²) in [5.74, 6) is 0.0444. The second-order valence-electron chi connectivity index (χ2n) is 2.57. The molecule has 0 saturated heterocycles. The Morgan fingerprint density at radius 2 is 1.86 bits per heavy atom. The van der Waals surface area contributed by atoms with Gasteiger partial charge in [-0.2, -0.15) is 13.2 Å². The first-order valence-electron chi connectivity index (χ1n) is 3.54. The van der Waals surface area contributed by atoms with Gasteiger partial charge in [0.1, 0.15) is 11.3 Å². The maximum absolute atomic E-state index is 12.3. The summed E-state index contributed by atoms with van der Waals surface area (Å²) in [6.07, 6.45) is -4.35. The van der Waals surface area contributed by atoms with Crippen molar-refractivity contribution >= 4 is 29.7 Å². The molecule has 0 radical (unpaired) electrons. The zero-order chi connectivity index (χ0) is 10.1. The molecule has 0 amide bonds. The lowest BCUT2D eigenvalue weighted by molar-refractivity contribution is -0.263. The number of rotatable bonds is 1. The first-order valence-corrected chi connectivity index (χ1v) is 4.07. The van der Waals surface area contributed by atoms with Crippen LogP contribution in [0.4, 0.5) is 18.9 Å². The molecule has 0 aliphatic rings. The molecule has 0 atom stereocenters. The summed E-state index contributed by atoms with van der Waals surface area (Å²) in [7, 11) is 0. The first kappa shape index (κ1) is 13.5. The molecule has 0 spiro atoms. The molecule has 14 heavy (non-hydrogen) atoms. The molecule has 0 aliphatic heterocycles. The fraction of sp³-hybridized carbons (Fsp3) is 0.250. The van der Waals surface area contributed by atoms with Gasteiger partial charge in [0.15, 0.2) is 0 Å². The van der Waals surface area contributed by atoms with Gasteiger partial charge < -0.3 is 5.73 Å². The van der Waals surface area contributed by atoms with Gasteiger partial charge in [-0.3, -0.25) is 0 Å². The van der Waals surface area contributed by atoms with Crippen molar-refractivity contribution in [1.82, 2.24) is 0 Å². The SMILES string of the molecule is Cl.[NH3+]c1c(CCl)cccc1C(F)(F)F. The maximum atomic E-state index is 12.3. The zero-order valence-electron chi connectivity index (χ0n) is 7.07. The van der Waals surface area contributed by atoms with E-state index < -0.39 is 11.7 Å². The van der Waals surface area contributed by atoms with E-state index in [0.29, 0.717) is 5.56 Å².